The Morgan fingerprint density at radius 3 is 2.27 bits per heavy atom. The highest BCUT2D eigenvalue weighted by molar-refractivity contribution is 6.02. The van der Waals surface area contributed by atoms with Crippen LogP contribution in [0.5, 0.6) is 0 Å². The number of halogens is 3. The first-order chi connectivity index (χ1) is 12.3. The van der Waals surface area contributed by atoms with Crippen LogP contribution in [0.25, 0.3) is 21.9 Å². The molecule has 0 saturated carbocycles. The Kier molecular flexibility index (Phi) is 4.72. The van der Waals surface area contributed by atoms with Crippen LogP contribution in [-0.2, 0) is 6.18 Å². The maximum absolute atomic E-state index is 12.7. The van der Waals surface area contributed by atoms with Gasteiger partial charge in [-0.3, -0.25) is 4.79 Å². The first-order valence-corrected chi connectivity index (χ1v) is 8.27. The van der Waals surface area contributed by atoms with E-state index in [-0.39, 0.29) is 11.9 Å². The van der Waals surface area contributed by atoms with E-state index in [1.165, 1.54) is 12.1 Å². The van der Waals surface area contributed by atoms with Crippen molar-refractivity contribution in [1.82, 2.24) is 5.32 Å². The molecule has 3 aromatic rings. The first kappa shape index (κ1) is 18.0. The van der Waals surface area contributed by atoms with Crippen molar-refractivity contribution in [3.8, 4) is 11.1 Å². The topological polar surface area (TPSA) is 29.1 Å². The molecule has 0 aliphatic heterocycles. The third-order valence-corrected chi connectivity index (χ3v) is 4.09. The van der Waals surface area contributed by atoms with Crippen LogP contribution in [0.2, 0.25) is 0 Å². The largest absolute Gasteiger partial charge is 0.416 e. The molecule has 2 nitrogen and oxygen atoms in total. The minimum atomic E-state index is -4.35. The van der Waals surface area contributed by atoms with Crippen LogP contribution in [0.4, 0.5) is 13.2 Å². The van der Waals surface area contributed by atoms with Gasteiger partial charge < -0.3 is 5.32 Å². The minimum absolute atomic E-state index is 0.0386. The summed E-state index contributed by atoms with van der Waals surface area (Å²) in [6, 6.07) is 16.1. The maximum Gasteiger partial charge on any atom is 0.416 e. The molecular weight excluding hydrogens is 339 g/mol. The third kappa shape index (κ3) is 3.72. The molecule has 0 aromatic heterocycles. The van der Waals surface area contributed by atoms with Gasteiger partial charge in [-0.15, -0.1) is 0 Å². The fraction of sp³-hybridized carbons (Fsp3) is 0.190. The molecule has 0 aliphatic rings. The number of rotatable bonds is 3. The van der Waals surface area contributed by atoms with E-state index in [1.807, 2.05) is 38.1 Å². The highest BCUT2D eigenvalue weighted by Gasteiger charge is 2.30. The Bertz CT molecular complexity index is 944. The number of carbonyl (C=O) groups is 1. The molecule has 0 unspecified atom stereocenters. The summed E-state index contributed by atoms with van der Waals surface area (Å²) in [6.45, 7) is 3.78. The van der Waals surface area contributed by atoms with E-state index in [1.54, 1.807) is 12.1 Å². The fourth-order valence-corrected chi connectivity index (χ4v) is 2.86. The summed E-state index contributed by atoms with van der Waals surface area (Å²) in [5.74, 6) is -0.151. The van der Waals surface area contributed by atoms with Crippen LogP contribution in [0.15, 0.2) is 60.7 Å². The lowest BCUT2D eigenvalue weighted by Gasteiger charge is -2.12. The first-order valence-electron chi connectivity index (χ1n) is 8.27. The smallest absolute Gasteiger partial charge is 0.350 e. The van der Waals surface area contributed by atoms with Crippen LogP contribution in [-0.4, -0.2) is 11.9 Å². The van der Waals surface area contributed by atoms with Gasteiger partial charge in [0.1, 0.15) is 0 Å². The van der Waals surface area contributed by atoms with Gasteiger partial charge in [0.05, 0.1) is 5.56 Å². The molecule has 0 aliphatic carbocycles. The molecular formula is C21H18F3NO. The Balaban J connectivity index is 2.01. The Morgan fingerprint density at radius 2 is 1.65 bits per heavy atom. The molecule has 5 heteroatoms. The van der Waals surface area contributed by atoms with Crippen molar-refractivity contribution in [3.05, 3.63) is 71.8 Å². The Morgan fingerprint density at radius 1 is 0.962 bits per heavy atom. The summed E-state index contributed by atoms with van der Waals surface area (Å²) in [5, 5.41) is 4.59. The lowest BCUT2D eigenvalue weighted by Crippen LogP contribution is -2.29. The van der Waals surface area contributed by atoms with Crippen LogP contribution >= 0.6 is 0 Å². The van der Waals surface area contributed by atoms with Crippen LogP contribution in [0.3, 0.4) is 0 Å². The van der Waals surface area contributed by atoms with Gasteiger partial charge in [0, 0.05) is 11.6 Å². The summed E-state index contributed by atoms with van der Waals surface area (Å²) >= 11 is 0. The zero-order valence-electron chi connectivity index (χ0n) is 14.4. The van der Waals surface area contributed by atoms with E-state index in [4.69, 9.17) is 0 Å². The SMILES string of the molecule is CC(C)NC(=O)c1ccc2c(-c3ccc(C(F)(F)F)cc3)cccc2c1. The van der Waals surface area contributed by atoms with Gasteiger partial charge in [-0.25, -0.2) is 0 Å². The van der Waals surface area contributed by atoms with Gasteiger partial charge >= 0.3 is 6.18 Å². The van der Waals surface area contributed by atoms with Crippen molar-refractivity contribution in [3.63, 3.8) is 0 Å². The van der Waals surface area contributed by atoms with Crippen molar-refractivity contribution >= 4 is 16.7 Å². The van der Waals surface area contributed by atoms with Gasteiger partial charge in [-0.2, -0.15) is 13.2 Å². The molecule has 0 spiro atoms. The third-order valence-electron chi connectivity index (χ3n) is 4.09. The molecule has 0 fully saturated rings. The minimum Gasteiger partial charge on any atom is -0.350 e. The molecule has 0 atom stereocenters. The number of amides is 1. The maximum atomic E-state index is 12.7. The van der Waals surface area contributed by atoms with E-state index in [9.17, 15) is 18.0 Å². The molecule has 3 rings (SSSR count). The average Bonchev–Trinajstić information content (AvgIpc) is 2.59. The molecule has 1 amide bonds. The molecule has 0 saturated heterocycles. The summed E-state index contributed by atoms with van der Waals surface area (Å²) in [5.41, 5.74) is 1.40. The molecule has 0 bridgehead atoms. The standard InChI is InChI=1S/C21H18F3NO/c1-13(2)25-20(26)16-8-11-19-15(12-16)4-3-5-18(19)14-6-9-17(10-7-14)21(22,23)24/h3-13H,1-2H3,(H,25,26). The Labute approximate surface area is 149 Å². The lowest BCUT2D eigenvalue weighted by atomic mass is 9.96. The molecule has 0 heterocycles. The number of hydrogen-bond donors (Lipinski definition) is 1. The number of carbonyl (C=O) groups excluding carboxylic acids is 1. The zero-order valence-corrected chi connectivity index (χ0v) is 14.4. The van der Waals surface area contributed by atoms with E-state index >= 15 is 0 Å². The van der Waals surface area contributed by atoms with Crippen molar-refractivity contribution in [2.75, 3.05) is 0 Å². The number of benzene rings is 3. The van der Waals surface area contributed by atoms with Crippen LogP contribution in [0, 0.1) is 0 Å². The van der Waals surface area contributed by atoms with E-state index in [2.05, 4.69) is 5.32 Å². The van der Waals surface area contributed by atoms with E-state index in [0.717, 1.165) is 28.5 Å². The van der Waals surface area contributed by atoms with Gasteiger partial charge in [-0.05, 0) is 60.0 Å². The van der Waals surface area contributed by atoms with E-state index < -0.39 is 11.7 Å². The fourth-order valence-electron chi connectivity index (χ4n) is 2.86. The summed E-state index contributed by atoms with van der Waals surface area (Å²) in [6.07, 6.45) is -4.35. The van der Waals surface area contributed by atoms with Gasteiger partial charge in [0.15, 0.2) is 0 Å². The normalized spacial score (nSPS) is 11.8. The van der Waals surface area contributed by atoms with Crippen LogP contribution < -0.4 is 5.32 Å². The number of alkyl halides is 3. The molecule has 134 valence electrons. The predicted molar refractivity (Wildman–Crippen MR) is 97.0 cm³/mol. The lowest BCUT2D eigenvalue weighted by molar-refractivity contribution is -0.137. The second-order valence-electron chi connectivity index (χ2n) is 6.44. The van der Waals surface area contributed by atoms with Crippen molar-refractivity contribution in [2.24, 2.45) is 0 Å². The quantitative estimate of drug-likeness (QED) is 0.643. The van der Waals surface area contributed by atoms with Gasteiger partial charge in [-0.1, -0.05) is 36.4 Å². The van der Waals surface area contributed by atoms with Crippen molar-refractivity contribution < 1.29 is 18.0 Å². The van der Waals surface area contributed by atoms with Crippen molar-refractivity contribution in [2.45, 2.75) is 26.1 Å². The Hall–Kier alpha value is -2.82. The molecule has 0 radical (unpaired) electrons. The molecule has 3 aromatic carbocycles. The highest BCUT2D eigenvalue weighted by Crippen LogP contribution is 2.33. The van der Waals surface area contributed by atoms with E-state index in [0.29, 0.717) is 11.1 Å². The predicted octanol–water partition coefficient (Wildman–Crippen LogP) is 5.66. The summed E-state index contributed by atoms with van der Waals surface area (Å²) < 4.78 is 38.2. The highest BCUT2D eigenvalue weighted by atomic mass is 19.4. The van der Waals surface area contributed by atoms with Gasteiger partial charge in [0.2, 0.25) is 0 Å². The second kappa shape index (κ2) is 6.83. The average molecular weight is 357 g/mol. The van der Waals surface area contributed by atoms with Crippen molar-refractivity contribution in [1.29, 1.82) is 0 Å². The van der Waals surface area contributed by atoms with Crippen LogP contribution in [0.1, 0.15) is 29.8 Å². The molecule has 26 heavy (non-hydrogen) atoms. The summed E-state index contributed by atoms with van der Waals surface area (Å²) in [7, 11) is 0. The monoisotopic (exact) mass is 357 g/mol. The summed E-state index contributed by atoms with van der Waals surface area (Å²) in [4.78, 5) is 12.2. The van der Waals surface area contributed by atoms with Gasteiger partial charge in [0.25, 0.3) is 5.91 Å². The zero-order chi connectivity index (χ0) is 18.9. The number of fused-ring (bicyclic) bond motifs is 1. The number of nitrogens with one attached hydrogen (secondary N) is 1. The molecule has 1 N–H and O–H groups in total. The second-order valence-corrected chi connectivity index (χ2v) is 6.44. The number of hydrogen-bond acceptors (Lipinski definition) is 1.